The quantitative estimate of drug-likeness (QED) is 0.837. The molecule has 1 saturated heterocycles. The number of esters is 1. The van der Waals surface area contributed by atoms with Gasteiger partial charge in [-0.05, 0) is 37.1 Å². The van der Waals surface area contributed by atoms with Crippen molar-refractivity contribution in [2.75, 3.05) is 20.3 Å². The number of carbonyl (C=O) groups is 2. The van der Waals surface area contributed by atoms with Gasteiger partial charge in [0, 0.05) is 24.8 Å². The number of methoxy groups -OCH3 is 1. The summed E-state index contributed by atoms with van der Waals surface area (Å²) < 4.78 is 9.84. The van der Waals surface area contributed by atoms with E-state index in [2.05, 4.69) is 10.1 Å². The average Bonchev–Trinajstić information content (AvgIpc) is 2.47. The van der Waals surface area contributed by atoms with E-state index in [1.165, 1.54) is 7.11 Å². The second kappa shape index (κ2) is 6.33. The first-order valence-corrected chi connectivity index (χ1v) is 6.27. The average molecular weight is 263 g/mol. The zero-order valence-electron chi connectivity index (χ0n) is 10.8. The van der Waals surface area contributed by atoms with E-state index in [0.717, 1.165) is 12.8 Å². The molecule has 1 fully saturated rings. The van der Waals surface area contributed by atoms with E-state index in [4.69, 9.17) is 4.74 Å². The summed E-state index contributed by atoms with van der Waals surface area (Å²) in [5, 5.41) is 2.96. The van der Waals surface area contributed by atoms with E-state index in [1.54, 1.807) is 24.3 Å². The highest BCUT2D eigenvalue weighted by Crippen LogP contribution is 2.09. The summed E-state index contributed by atoms with van der Waals surface area (Å²) in [5.41, 5.74) is 0.976. The summed E-state index contributed by atoms with van der Waals surface area (Å²) in [4.78, 5) is 23.3. The minimum absolute atomic E-state index is 0.122. The van der Waals surface area contributed by atoms with Gasteiger partial charge in [0.15, 0.2) is 0 Å². The molecule has 1 aromatic rings. The molecule has 1 aromatic carbocycles. The van der Waals surface area contributed by atoms with Gasteiger partial charge in [-0.3, -0.25) is 4.79 Å². The molecule has 0 saturated carbocycles. The highest BCUT2D eigenvalue weighted by Gasteiger charge is 2.17. The molecule has 1 aliphatic heterocycles. The number of carbonyl (C=O) groups excluding carboxylic acids is 2. The molecule has 102 valence electrons. The molecular formula is C14H17NO4. The van der Waals surface area contributed by atoms with Crippen molar-refractivity contribution in [1.82, 2.24) is 5.32 Å². The van der Waals surface area contributed by atoms with Crippen LogP contribution in [0.2, 0.25) is 0 Å². The maximum absolute atomic E-state index is 12.0. The highest BCUT2D eigenvalue weighted by molar-refractivity contribution is 5.96. The Hall–Kier alpha value is -1.88. The molecule has 5 nitrogen and oxygen atoms in total. The van der Waals surface area contributed by atoms with E-state index in [-0.39, 0.29) is 11.9 Å². The number of hydrogen-bond acceptors (Lipinski definition) is 4. The lowest BCUT2D eigenvalue weighted by Gasteiger charge is -2.23. The van der Waals surface area contributed by atoms with E-state index in [0.29, 0.717) is 24.3 Å². The Bertz CT molecular complexity index is 449. The molecule has 1 amide bonds. The molecule has 0 spiro atoms. The minimum atomic E-state index is -0.406. The van der Waals surface area contributed by atoms with Crippen LogP contribution in [0.15, 0.2) is 24.3 Å². The molecule has 0 radical (unpaired) electrons. The summed E-state index contributed by atoms with van der Waals surface area (Å²) >= 11 is 0. The topological polar surface area (TPSA) is 64.6 Å². The van der Waals surface area contributed by atoms with Gasteiger partial charge in [0.2, 0.25) is 0 Å². The number of nitrogens with one attached hydrogen (secondary N) is 1. The Morgan fingerprint density at radius 1 is 1.16 bits per heavy atom. The van der Waals surface area contributed by atoms with Crippen LogP contribution in [0.4, 0.5) is 0 Å². The molecule has 0 aromatic heterocycles. The number of ether oxygens (including phenoxy) is 2. The van der Waals surface area contributed by atoms with Crippen LogP contribution < -0.4 is 5.32 Å². The van der Waals surface area contributed by atoms with Crippen molar-refractivity contribution < 1.29 is 19.1 Å². The van der Waals surface area contributed by atoms with Crippen LogP contribution in [0.1, 0.15) is 33.6 Å². The number of rotatable bonds is 3. The maximum atomic E-state index is 12.0. The summed E-state index contributed by atoms with van der Waals surface area (Å²) in [5.74, 6) is -0.528. The van der Waals surface area contributed by atoms with Gasteiger partial charge in [0.1, 0.15) is 0 Å². The summed E-state index contributed by atoms with van der Waals surface area (Å²) in [6.45, 7) is 1.37. The Morgan fingerprint density at radius 3 is 2.32 bits per heavy atom. The largest absolute Gasteiger partial charge is 0.465 e. The van der Waals surface area contributed by atoms with Crippen molar-refractivity contribution in [3.8, 4) is 0 Å². The maximum Gasteiger partial charge on any atom is 0.337 e. The molecule has 5 heteroatoms. The molecule has 0 unspecified atom stereocenters. The van der Waals surface area contributed by atoms with Gasteiger partial charge in [-0.15, -0.1) is 0 Å². The monoisotopic (exact) mass is 263 g/mol. The van der Waals surface area contributed by atoms with Crippen LogP contribution in [0.25, 0.3) is 0 Å². The SMILES string of the molecule is COC(=O)c1ccc(C(=O)NC2CCOCC2)cc1. The third-order valence-corrected chi connectivity index (χ3v) is 3.12. The molecule has 1 aliphatic rings. The van der Waals surface area contributed by atoms with Crippen LogP contribution in [0.5, 0.6) is 0 Å². The van der Waals surface area contributed by atoms with Crippen molar-refractivity contribution in [2.45, 2.75) is 18.9 Å². The zero-order valence-corrected chi connectivity index (χ0v) is 10.8. The Kier molecular flexibility index (Phi) is 4.52. The van der Waals surface area contributed by atoms with Gasteiger partial charge in [-0.2, -0.15) is 0 Å². The van der Waals surface area contributed by atoms with Gasteiger partial charge in [0.05, 0.1) is 12.7 Å². The fourth-order valence-electron chi connectivity index (χ4n) is 1.99. The predicted molar refractivity (Wildman–Crippen MR) is 69.1 cm³/mol. The normalized spacial score (nSPS) is 15.8. The van der Waals surface area contributed by atoms with Crippen molar-refractivity contribution in [3.63, 3.8) is 0 Å². The van der Waals surface area contributed by atoms with Crippen LogP contribution in [0.3, 0.4) is 0 Å². The molecule has 0 atom stereocenters. The van der Waals surface area contributed by atoms with Gasteiger partial charge in [-0.1, -0.05) is 0 Å². The minimum Gasteiger partial charge on any atom is -0.465 e. The second-order valence-corrected chi connectivity index (χ2v) is 4.43. The third-order valence-electron chi connectivity index (χ3n) is 3.12. The third kappa shape index (κ3) is 3.54. The van der Waals surface area contributed by atoms with Crippen molar-refractivity contribution in [3.05, 3.63) is 35.4 Å². The molecule has 1 N–H and O–H groups in total. The lowest BCUT2D eigenvalue weighted by molar-refractivity contribution is 0.0599. The number of amides is 1. The predicted octanol–water partition coefficient (Wildman–Crippen LogP) is 1.38. The summed E-state index contributed by atoms with van der Waals surface area (Å²) in [7, 11) is 1.33. The van der Waals surface area contributed by atoms with Crippen LogP contribution >= 0.6 is 0 Å². The highest BCUT2D eigenvalue weighted by atomic mass is 16.5. The fraction of sp³-hybridized carbons (Fsp3) is 0.429. The lowest BCUT2D eigenvalue weighted by Crippen LogP contribution is -2.38. The van der Waals surface area contributed by atoms with E-state index >= 15 is 0 Å². The van der Waals surface area contributed by atoms with Crippen molar-refractivity contribution >= 4 is 11.9 Å². The second-order valence-electron chi connectivity index (χ2n) is 4.43. The van der Waals surface area contributed by atoms with E-state index < -0.39 is 5.97 Å². The van der Waals surface area contributed by atoms with Crippen LogP contribution in [-0.2, 0) is 9.47 Å². The standard InChI is InChI=1S/C14H17NO4/c1-18-14(17)11-4-2-10(3-5-11)13(16)15-12-6-8-19-9-7-12/h2-5,12H,6-9H2,1H3,(H,15,16). The van der Waals surface area contributed by atoms with Crippen molar-refractivity contribution in [2.24, 2.45) is 0 Å². The van der Waals surface area contributed by atoms with Crippen molar-refractivity contribution in [1.29, 1.82) is 0 Å². The van der Waals surface area contributed by atoms with E-state index in [9.17, 15) is 9.59 Å². The Morgan fingerprint density at radius 2 is 1.74 bits per heavy atom. The van der Waals surface area contributed by atoms with E-state index in [1.807, 2.05) is 0 Å². The number of hydrogen-bond donors (Lipinski definition) is 1. The molecule has 0 bridgehead atoms. The van der Waals surface area contributed by atoms with Gasteiger partial charge in [0.25, 0.3) is 5.91 Å². The zero-order chi connectivity index (χ0) is 13.7. The molecule has 19 heavy (non-hydrogen) atoms. The van der Waals surface area contributed by atoms with Gasteiger partial charge >= 0.3 is 5.97 Å². The van der Waals surface area contributed by atoms with Crippen LogP contribution in [-0.4, -0.2) is 38.2 Å². The summed E-state index contributed by atoms with van der Waals surface area (Å²) in [6.07, 6.45) is 1.68. The Labute approximate surface area is 111 Å². The first-order chi connectivity index (χ1) is 9.20. The fourth-order valence-corrected chi connectivity index (χ4v) is 1.99. The lowest BCUT2D eigenvalue weighted by atomic mass is 10.1. The Balaban J connectivity index is 1.97. The smallest absolute Gasteiger partial charge is 0.337 e. The number of benzene rings is 1. The first-order valence-electron chi connectivity index (χ1n) is 6.27. The molecule has 2 rings (SSSR count). The van der Waals surface area contributed by atoms with Crippen LogP contribution in [0, 0.1) is 0 Å². The molecular weight excluding hydrogens is 246 g/mol. The van der Waals surface area contributed by atoms with Gasteiger partial charge in [-0.25, -0.2) is 4.79 Å². The summed E-state index contributed by atoms with van der Waals surface area (Å²) in [6, 6.07) is 6.60. The first kappa shape index (κ1) is 13.5. The molecule has 1 heterocycles. The van der Waals surface area contributed by atoms with Gasteiger partial charge < -0.3 is 14.8 Å². The molecule has 0 aliphatic carbocycles.